The Bertz CT molecular complexity index is 1950. The standard InChI is InChI=1S/C22H27FN10O8P2S2/c1-42(44)37-2-9-14(34)8(20(39-9)33-7-29-13-18(33)30-22(25)31-19(13)35)4-43(36,45)38-3-10-15(41-42)11(23)21(40-10)32-6-28-12-16(24)26-5-27-17(12)32/h5-11,14-15,20-21,34,44H,1-4H2,(H,36,45)(H2,24,26,27)(H3,25,30,31,35)/t8-,9-,10-,11+,14+,15-,20-,21-,42?,43?/m1/s1. The number of imidazole rings is 2. The van der Waals surface area contributed by atoms with Gasteiger partial charge in [0.15, 0.2) is 48.1 Å². The van der Waals surface area contributed by atoms with E-state index in [1.54, 1.807) is 0 Å². The van der Waals surface area contributed by atoms with E-state index >= 15 is 4.39 Å². The number of aromatic amines is 1. The van der Waals surface area contributed by atoms with Crippen LogP contribution in [0.5, 0.6) is 0 Å². The molecule has 3 aliphatic rings. The largest absolute Gasteiger partial charge is 0.390 e. The minimum atomic E-state index is -3.72. The first-order valence-electron chi connectivity index (χ1n) is 13.4. The van der Waals surface area contributed by atoms with Crippen LogP contribution in [-0.4, -0.2) is 105 Å². The molecule has 0 radical (unpaired) electrons. The lowest BCUT2D eigenvalue weighted by Gasteiger charge is -2.29. The van der Waals surface area contributed by atoms with Crippen molar-refractivity contribution in [2.45, 2.75) is 43.0 Å². The Morgan fingerprint density at radius 1 is 1.07 bits per heavy atom. The van der Waals surface area contributed by atoms with Crippen molar-refractivity contribution in [3.63, 3.8) is 0 Å². The quantitative estimate of drug-likeness (QED) is 0.120. The van der Waals surface area contributed by atoms with Gasteiger partial charge in [0.05, 0.1) is 32.0 Å². The van der Waals surface area contributed by atoms with Crippen molar-refractivity contribution in [2.24, 2.45) is 5.92 Å². The topological polar surface area (TPSA) is 246 Å². The van der Waals surface area contributed by atoms with Crippen molar-refractivity contribution < 1.29 is 37.4 Å². The summed E-state index contributed by atoms with van der Waals surface area (Å²) in [5, 5.41) is 11.3. The molecular weight excluding hydrogens is 677 g/mol. The Labute approximate surface area is 262 Å². The second-order valence-electron chi connectivity index (χ2n) is 10.7. The summed E-state index contributed by atoms with van der Waals surface area (Å²) >= 11 is 9.96. The molecule has 0 spiro atoms. The Morgan fingerprint density at radius 2 is 1.76 bits per heavy atom. The van der Waals surface area contributed by atoms with Crippen LogP contribution in [0.1, 0.15) is 12.5 Å². The van der Waals surface area contributed by atoms with Gasteiger partial charge in [-0.2, -0.15) is 4.98 Å². The molecule has 0 aromatic carbocycles. The van der Waals surface area contributed by atoms with Crippen LogP contribution in [0.2, 0.25) is 0 Å². The van der Waals surface area contributed by atoms with Gasteiger partial charge in [-0.3, -0.25) is 18.9 Å². The third-order valence-corrected chi connectivity index (χ3v) is 11.7. The van der Waals surface area contributed by atoms with Gasteiger partial charge in [0.2, 0.25) is 5.95 Å². The van der Waals surface area contributed by atoms with Gasteiger partial charge in [-0.15, -0.1) is 0 Å². The Hall–Kier alpha value is -2.55. The number of alkyl halides is 1. The van der Waals surface area contributed by atoms with E-state index in [1.807, 2.05) is 0 Å². The zero-order valence-corrected chi connectivity index (χ0v) is 26.4. The molecular formula is C22H27FN10O8P2S2. The molecule has 7 rings (SSSR count). The number of aromatic nitrogens is 8. The third-order valence-electron chi connectivity index (χ3n) is 7.76. The molecule has 0 saturated carbocycles. The molecule has 0 amide bonds. The van der Waals surface area contributed by atoms with Gasteiger partial charge in [0.1, 0.15) is 36.4 Å². The monoisotopic (exact) mass is 704 g/mol. The molecule has 45 heavy (non-hydrogen) atoms. The number of nitrogens with zero attached hydrogens (tertiary/aromatic N) is 7. The predicted molar refractivity (Wildman–Crippen MR) is 166 cm³/mol. The van der Waals surface area contributed by atoms with E-state index in [9.17, 15) is 14.8 Å². The van der Waals surface area contributed by atoms with E-state index < -0.39 is 74.2 Å². The highest BCUT2D eigenvalue weighted by Crippen LogP contribution is 2.58. The van der Waals surface area contributed by atoms with Crippen molar-refractivity contribution >= 4 is 77.5 Å². The van der Waals surface area contributed by atoms with E-state index in [0.29, 0.717) is 0 Å². The third kappa shape index (κ3) is 5.59. The van der Waals surface area contributed by atoms with E-state index in [4.69, 9.17) is 46.3 Å². The number of aliphatic hydroxyl groups is 1. The first-order chi connectivity index (χ1) is 21.3. The summed E-state index contributed by atoms with van der Waals surface area (Å²) < 4.78 is 48.8. The lowest BCUT2D eigenvalue weighted by Crippen LogP contribution is -2.34. The van der Waals surface area contributed by atoms with Crippen LogP contribution in [0.25, 0.3) is 22.3 Å². The molecule has 7 N–H and O–H groups in total. The number of halogens is 1. The number of H-pyrrole nitrogens is 1. The van der Waals surface area contributed by atoms with Crippen LogP contribution < -0.4 is 17.0 Å². The van der Waals surface area contributed by atoms with E-state index in [1.165, 1.54) is 28.1 Å². The van der Waals surface area contributed by atoms with Gasteiger partial charge in [-0.25, -0.2) is 24.3 Å². The number of aliphatic hydroxyl groups excluding tert-OH is 1. The van der Waals surface area contributed by atoms with Crippen LogP contribution in [0, 0.1) is 5.92 Å². The van der Waals surface area contributed by atoms with Gasteiger partial charge < -0.3 is 44.5 Å². The molecule has 2 unspecified atom stereocenters. The van der Waals surface area contributed by atoms with Crippen molar-refractivity contribution in [1.82, 2.24) is 39.0 Å². The van der Waals surface area contributed by atoms with Gasteiger partial charge in [-0.05, 0) is 18.1 Å². The van der Waals surface area contributed by atoms with Crippen molar-refractivity contribution in [2.75, 3.05) is 30.8 Å². The summed E-state index contributed by atoms with van der Waals surface area (Å²) in [5.74, 6) is -0.942. The molecule has 4 aromatic rings. The maximum atomic E-state index is 16.1. The molecule has 7 heterocycles. The number of hydrogen-bond acceptors (Lipinski definition) is 16. The number of anilines is 2. The van der Waals surface area contributed by atoms with Gasteiger partial charge in [-0.1, -0.05) is 12.2 Å². The molecule has 2 bridgehead atoms. The maximum absolute atomic E-state index is 16.1. The fourth-order valence-corrected chi connectivity index (χ4v) is 9.41. The number of ether oxygens (including phenoxy) is 2. The van der Waals surface area contributed by atoms with Crippen LogP contribution in [0.15, 0.2) is 23.8 Å². The second-order valence-corrected chi connectivity index (χ2v) is 17.9. The Balaban J connectivity index is 1.21. The average Bonchev–Trinajstić information content (AvgIpc) is 3.72. The zero-order chi connectivity index (χ0) is 31.8. The van der Waals surface area contributed by atoms with Gasteiger partial charge in [0.25, 0.3) is 5.56 Å². The molecule has 3 aliphatic heterocycles. The summed E-state index contributed by atoms with van der Waals surface area (Å²) in [5.41, 5.74) is 11.6. The summed E-state index contributed by atoms with van der Waals surface area (Å²) in [7, 11) is 0. The molecule has 3 saturated heterocycles. The number of nitrogen functional groups attached to an aromatic ring is 2. The van der Waals surface area contributed by atoms with Gasteiger partial charge >= 0.3 is 0 Å². The zero-order valence-electron chi connectivity index (χ0n) is 22.9. The fourth-order valence-electron chi connectivity index (χ4n) is 5.70. The summed E-state index contributed by atoms with van der Waals surface area (Å²) in [4.78, 5) is 46.6. The molecule has 4 aromatic heterocycles. The number of nitrogens with one attached hydrogen (secondary N) is 1. The van der Waals surface area contributed by atoms with E-state index in [-0.39, 0.29) is 46.9 Å². The highest BCUT2D eigenvalue weighted by Gasteiger charge is 2.52. The summed E-state index contributed by atoms with van der Waals surface area (Å²) in [6.45, 7) is -7.75. The van der Waals surface area contributed by atoms with Crippen molar-refractivity contribution in [3.05, 3.63) is 29.3 Å². The highest BCUT2D eigenvalue weighted by molar-refractivity contribution is 8.47. The molecule has 3 fully saturated rings. The smallest absolute Gasteiger partial charge is 0.280 e. The maximum Gasteiger partial charge on any atom is 0.280 e. The number of rotatable bonds is 2. The van der Waals surface area contributed by atoms with E-state index in [2.05, 4.69) is 48.5 Å². The lowest BCUT2D eigenvalue weighted by molar-refractivity contribution is -0.0463. The Morgan fingerprint density at radius 3 is 2.53 bits per heavy atom. The second kappa shape index (κ2) is 11.3. The van der Waals surface area contributed by atoms with Crippen molar-refractivity contribution in [3.8, 4) is 0 Å². The Kier molecular flexibility index (Phi) is 7.81. The molecule has 23 heteroatoms. The molecule has 18 nitrogen and oxygen atoms in total. The molecule has 10 atom stereocenters. The van der Waals surface area contributed by atoms with Crippen LogP contribution >= 0.6 is 25.3 Å². The SMILES string of the molecule is C=P1(S)OC[C@H]2O[C@@H](n3cnc4c(=O)[nH]c(N)nc43)[C@H](CP(O)(=S)OC[C@H]3O[C@@H](n4cnc5c(N)ncnc54)[C@@H](F)[C@@H]3O1)[C@@H]2O. The van der Waals surface area contributed by atoms with Crippen molar-refractivity contribution in [1.29, 1.82) is 0 Å². The average molecular weight is 705 g/mol. The van der Waals surface area contributed by atoms with Crippen LogP contribution in [-0.2, 0) is 34.9 Å². The van der Waals surface area contributed by atoms with Crippen LogP contribution in [0.4, 0.5) is 16.2 Å². The lowest BCUT2D eigenvalue weighted by atomic mass is 10.0. The number of hydrogen-bond donors (Lipinski definition) is 6. The number of nitrogens with two attached hydrogens (primary N) is 2. The molecule has 0 aliphatic carbocycles. The summed E-state index contributed by atoms with van der Waals surface area (Å²) in [6.07, 6.45) is -1.33. The number of fused-ring (bicyclic) bond motifs is 5. The first kappa shape index (κ1) is 31.1. The molecule has 242 valence electrons. The minimum absolute atomic E-state index is 0.0131. The fraction of sp³-hybridized carbons (Fsp3) is 0.500. The summed E-state index contributed by atoms with van der Waals surface area (Å²) in [6, 6.07) is 0. The van der Waals surface area contributed by atoms with Gasteiger partial charge in [0, 0.05) is 12.1 Å². The first-order valence-corrected chi connectivity index (χ1v) is 19.2. The van der Waals surface area contributed by atoms with E-state index in [0.717, 1.165) is 0 Å². The number of thiol groups is 1. The van der Waals surface area contributed by atoms with Crippen LogP contribution in [0.3, 0.4) is 0 Å². The normalized spacial score (nSPS) is 37.7. The predicted octanol–water partition coefficient (Wildman–Crippen LogP) is 0.0921. The highest BCUT2D eigenvalue weighted by atomic mass is 32.7. The minimum Gasteiger partial charge on any atom is -0.390 e.